The lowest BCUT2D eigenvalue weighted by Crippen LogP contribution is -2.44. The van der Waals surface area contributed by atoms with Crippen molar-refractivity contribution in [3.63, 3.8) is 0 Å². The molecule has 0 rings (SSSR count). The van der Waals surface area contributed by atoms with Gasteiger partial charge in [-0.05, 0) is 13.6 Å². The molecule has 0 aliphatic carbocycles. The van der Waals surface area contributed by atoms with E-state index >= 15 is 0 Å². The highest BCUT2D eigenvalue weighted by molar-refractivity contribution is 4.58. The van der Waals surface area contributed by atoms with Crippen LogP contribution in [-0.4, -0.2) is 31.2 Å². The largest absolute Gasteiger partial charge is 0.328 e. The smallest absolute Gasteiger partial charge is 0.0695 e. The Bertz CT molecular complexity index is 47.6. The van der Waals surface area contributed by atoms with Crippen molar-refractivity contribution in [1.82, 2.24) is 4.90 Å². The number of hydrogen-bond acceptors (Lipinski definition) is 3. The first kappa shape index (κ1) is 7.88. The van der Waals surface area contributed by atoms with Crippen molar-refractivity contribution in [2.45, 2.75) is 13.1 Å². The van der Waals surface area contributed by atoms with Gasteiger partial charge < -0.3 is 11.5 Å². The normalized spacial score (nSPS) is 14.6. The number of likely N-dealkylation sites (N-methyl/N-ethyl adjacent to an activating group) is 1. The van der Waals surface area contributed by atoms with Crippen LogP contribution in [0, 0.1) is 0 Å². The molecule has 0 saturated carbocycles. The summed E-state index contributed by atoms with van der Waals surface area (Å²) < 4.78 is 0. The lowest BCUT2D eigenvalue weighted by atomic mass is 10.4. The molecule has 0 spiro atoms. The Morgan fingerprint density at radius 1 is 1.62 bits per heavy atom. The van der Waals surface area contributed by atoms with Crippen LogP contribution < -0.4 is 11.5 Å². The molecule has 0 aromatic rings. The third-order valence-electron chi connectivity index (χ3n) is 1.31. The fourth-order valence-electron chi connectivity index (χ4n) is 0.414. The van der Waals surface area contributed by atoms with Gasteiger partial charge in [0.15, 0.2) is 0 Å². The van der Waals surface area contributed by atoms with E-state index in [0.717, 1.165) is 6.54 Å². The van der Waals surface area contributed by atoms with Crippen LogP contribution in [0.25, 0.3) is 0 Å². The van der Waals surface area contributed by atoms with Gasteiger partial charge in [-0.15, -0.1) is 0 Å². The van der Waals surface area contributed by atoms with E-state index in [1.165, 1.54) is 0 Å². The Morgan fingerprint density at radius 3 is 2.25 bits per heavy atom. The van der Waals surface area contributed by atoms with Gasteiger partial charge in [-0.1, -0.05) is 6.92 Å². The van der Waals surface area contributed by atoms with E-state index in [0.29, 0.717) is 6.54 Å². The van der Waals surface area contributed by atoms with Gasteiger partial charge in [-0.25, -0.2) is 0 Å². The highest BCUT2D eigenvalue weighted by Crippen LogP contribution is 1.82. The lowest BCUT2D eigenvalue weighted by Gasteiger charge is -2.20. The van der Waals surface area contributed by atoms with Crippen molar-refractivity contribution >= 4 is 0 Å². The Balaban J connectivity index is 3.29. The summed E-state index contributed by atoms with van der Waals surface area (Å²) in [4.78, 5) is 2.00. The van der Waals surface area contributed by atoms with Crippen LogP contribution in [0.2, 0.25) is 0 Å². The molecule has 0 amide bonds. The van der Waals surface area contributed by atoms with Crippen molar-refractivity contribution < 1.29 is 0 Å². The molecule has 3 nitrogen and oxygen atoms in total. The first-order chi connectivity index (χ1) is 3.72. The molecule has 1 unspecified atom stereocenters. The van der Waals surface area contributed by atoms with E-state index in [-0.39, 0.29) is 6.17 Å². The van der Waals surface area contributed by atoms with Gasteiger partial charge in [0, 0.05) is 6.54 Å². The predicted octanol–water partition coefficient (Wildman–Crippen LogP) is -0.818. The monoisotopic (exact) mass is 117 g/mol. The molecule has 8 heavy (non-hydrogen) atoms. The summed E-state index contributed by atoms with van der Waals surface area (Å²) in [5, 5.41) is 0. The zero-order valence-electron chi connectivity index (χ0n) is 5.59. The van der Waals surface area contributed by atoms with Gasteiger partial charge in [0.2, 0.25) is 0 Å². The zero-order valence-corrected chi connectivity index (χ0v) is 5.59. The summed E-state index contributed by atoms with van der Waals surface area (Å²) in [5.74, 6) is 0. The summed E-state index contributed by atoms with van der Waals surface area (Å²) >= 11 is 0. The van der Waals surface area contributed by atoms with Crippen LogP contribution in [0.15, 0.2) is 0 Å². The van der Waals surface area contributed by atoms with Crippen molar-refractivity contribution in [3.05, 3.63) is 0 Å². The molecule has 4 N–H and O–H groups in total. The van der Waals surface area contributed by atoms with E-state index in [2.05, 4.69) is 6.92 Å². The summed E-state index contributed by atoms with van der Waals surface area (Å²) in [6, 6.07) is 0. The van der Waals surface area contributed by atoms with Gasteiger partial charge >= 0.3 is 0 Å². The van der Waals surface area contributed by atoms with Gasteiger partial charge in [-0.2, -0.15) is 0 Å². The van der Waals surface area contributed by atoms with Crippen LogP contribution in [0.4, 0.5) is 0 Å². The Labute approximate surface area is 50.6 Å². The second-order valence-electron chi connectivity index (χ2n) is 1.88. The van der Waals surface area contributed by atoms with Crippen LogP contribution in [0.1, 0.15) is 6.92 Å². The molecule has 0 heterocycles. The molecular formula is C5H15N3. The summed E-state index contributed by atoms with van der Waals surface area (Å²) in [6.45, 7) is 3.54. The molecule has 0 bridgehead atoms. The lowest BCUT2D eigenvalue weighted by molar-refractivity contribution is 0.265. The zero-order chi connectivity index (χ0) is 6.57. The number of nitrogens with two attached hydrogens (primary N) is 2. The van der Waals surface area contributed by atoms with Crippen molar-refractivity contribution in [1.29, 1.82) is 0 Å². The third-order valence-corrected chi connectivity index (χ3v) is 1.31. The van der Waals surface area contributed by atoms with Gasteiger partial charge in [-0.3, -0.25) is 4.90 Å². The second-order valence-corrected chi connectivity index (χ2v) is 1.88. The fourth-order valence-corrected chi connectivity index (χ4v) is 0.414. The highest BCUT2D eigenvalue weighted by atomic mass is 15.2. The molecule has 0 fully saturated rings. The minimum Gasteiger partial charge on any atom is -0.328 e. The first-order valence-electron chi connectivity index (χ1n) is 2.88. The molecular weight excluding hydrogens is 102 g/mol. The van der Waals surface area contributed by atoms with Gasteiger partial charge in [0.25, 0.3) is 0 Å². The summed E-state index contributed by atoms with van der Waals surface area (Å²) in [6.07, 6.45) is 0.0278. The topological polar surface area (TPSA) is 55.3 Å². The predicted molar refractivity (Wildman–Crippen MR) is 35.3 cm³/mol. The van der Waals surface area contributed by atoms with Crippen molar-refractivity contribution in [2.24, 2.45) is 11.5 Å². The van der Waals surface area contributed by atoms with E-state index in [1.807, 2.05) is 11.9 Å². The van der Waals surface area contributed by atoms with Gasteiger partial charge in [0.05, 0.1) is 6.17 Å². The van der Waals surface area contributed by atoms with E-state index in [1.54, 1.807) is 0 Å². The maximum Gasteiger partial charge on any atom is 0.0695 e. The van der Waals surface area contributed by atoms with E-state index in [4.69, 9.17) is 11.5 Å². The third kappa shape index (κ3) is 2.26. The minimum atomic E-state index is 0.0278. The van der Waals surface area contributed by atoms with Crippen molar-refractivity contribution in [3.8, 4) is 0 Å². The number of rotatable bonds is 3. The Kier molecular flexibility index (Phi) is 3.77. The van der Waals surface area contributed by atoms with E-state index < -0.39 is 0 Å². The summed E-state index contributed by atoms with van der Waals surface area (Å²) in [5.41, 5.74) is 10.8. The molecule has 0 aromatic carbocycles. The highest BCUT2D eigenvalue weighted by Gasteiger charge is 2.01. The molecule has 0 saturated heterocycles. The van der Waals surface area contributed by atoms with Crippen LogP contribution >= 0.6 is 0 Å². The minimum absolute atomic E-state index is 0.0278. The molecule has 0 radical (unpaired) electrons. The average Bonchev–Trinajstić information content (AvgIpc) is 1.84. The Morgan fingerprint density at radius 2 is 2.12 bits per heavy atom. The average molecular weight is 117 g/mol. The molecule has 0 aromatic heterocycles. The molecule has 1 atom stereocenters. The second kappa shape index (κ2) is 3.83. The molecule has 50 valence electrons. The number of nitrogens with zero attached hydrogens (tertiary/aromatic N) is 1. The van der Waals surface area contributed by atoms with E-state index in [9.17, 15) is 0 Å². The standard InChI is InChI=1S/C5H15N3/c1-3-8(2)5(7)4-6/h5H,3-4,6-7H2,1-2H3. The van der Waals surface area contributed by atoms with Crippen LogP contribution in [-0.2, 0) is 0 Å². The van der Waals surface area contributed by atoms with Crippen LogP contribution in [0.3, 0.4) is 0 Å². The van der Waals surface area contributed by atoms with Crippen molar-refractivity contribution in [2.75, 3.05) is 20.1 Å². The maximum atomic E-state index is 5.53. The fraction of sp³-hybridized carbons (Fsp3) is 1.00. The Hall–Kier alpha value is -0.120. The first-order valence-corrected chi connectivity index (χ1v) is 2.88. The van der Waals surface area contributed by atoms with Gasteiger partial charge in [0.1, 0.15) is 0 Å². The maximum absolute atomic E-state index is 5.53. The summed E-state index contributed by atoms with van der Waals surface area (Å²) in [7, 11) is 1.96. The number of hydrogen-bond donors (Lipinski definition) is 2. The molecule has 0 aliphatic heterocycles. The molecule has 3 heteroatoms. The molecule has 0 aliphatic rings. The van der Waals surface area contributed by atoms with Crippen LogP contribution in [0.5, 0.6) is 0 Å². The SMILES string of the molecule is CCN(C)C(N)CN. The quantitative estimate of drug-likeness (QED) is 0.475.